The third-order valence-corrected chi connectivity index (χ3v) is 8.87. The Morgan fingerprint density at radius 2 is 2.16 bits per heavy atom. The smallest absolute Gasteiger partial charge is 0.310 e. The highest BCUT2D eigenvalue weighted by Crippen LogP contribution is 2.57. The van der Waals surface area contributed by atoms with Gasteiger partial charge in [0.2, 0.25) is 0 Å². The van der Waals surface area contributed by atoms with E-state index >= 15 is 0 Å². The molecule has 1 aromatic carbocycles. The zero-order valence-corrected chi connectivity index (χ0v) is 19.9. The molecule has 4 aliphatic rings. The zero-order chi connectivity index (χ0) is 22.5. The summed E-state index contributed by atoms with van der Waals surface area (Å²) >= 11 is 0. The molecule has 2 aliphatic heterocycles. The van der Waals surface area contributed by atoms with Crippen LogP contribution < -0.4 is 9.64 Å². The number of anilines is 1. The van der Waals surface area contributed by atoms with Gasteiger partial charge in [0.05, 0.1) is 13.0 Å². The molecule has 1 aromatic rings. The van der Waals surface area contributed by atoms with Gasteiger partial charge in [0, 0.05) is 49.9 Å². The molecule has 0 radical (unpaired) electrons. The van der Waals surface area contributed by atoms with Gasteiger partial charge in [-0.15, -0.1) is 0 Å². The van der Waals surface area contributed by atoms with Gasteiger partial charge in [-0.3, -0.25) is 9.69 Å². The van der Waals surface area contributed by atoms with Crippen molar-refractivity contribution in [3.63, 3.8) is 0 Å². The first-order valence-corrected chi connectivity index (χ1v) is 12.4. The van der Waals surface area contributed by atoms with Crippen molar-refractivity contribution in [3.8, 4) is 5.75 Å². The Labute approximate surface area is 192 Å². The van der Waals surface area contributed by atoms with Crippen LogP contribution in [0, 0.1) is 23.2 Å². The molecule has 32 heavy (non-hydrogen) atoms. The first-order valence-electron chi connectivity index (χ1n) is 12.4. The van der Waals surface area contributed by atoms with Crippen LogP contribution >= 0.6 is 0 Å². The fourth-order valence-corrected chi connectivity index (χ4v) is 7.11. The number of carbonyl (C=O) groups excluding carboxylic acids is 1. The Kier molecular flexibility index (Phi) is 5.73. The average molecular weight is 439 g/mol. The largest absolute Gasteiger partial charge is 0.497 e. The van der Waals surface area contributed by atoms with E-state index in [9.17, 15) is 4.79 Å². The lowest BCUT2D eigenvalue weighted by atomic mass is 9.55. The summed E-state index contributed by atoms with van der Waals surface area (Å²) in [6.07, 6.45) is 5.83. The second-order valence-electron chi connectivity index (χ2n) is 10.9. The molecule has 4 fully saturated rings. The van der Waals surface area contributed by atoms with Crippen LogP contribution in [0.2, 0.25) is 0 Å². The number of carbonyl (C=O) groups is 1. The SMILES string of the molecule is C=C1CCC[C@]2(C)C[C@H]3OC(=O)[C@@H](CN4CCN(c5cccc(OC)c5)[C@@H](C)C4)[C@H]3C[C@H]12. The van der Waals surface area contributed by atoms with E-state index in [-0.39, 0.29) is 23.4 Å². The summed E-state index contributed by atoms with van der Waals surface area (Å²) in [5, 5.41) is 0. The second kappa shape index (κ2) is 8.40. The number of hydrogen-bond acceptors (Lipinski definition) is 5. The summed E-state index contributed by atoms with van der Waals surface area (Å²) in [5.41, 5.74) is 2.89. The van der Waals surface area contributed by atoms with Crippen molar-refractivity contribution in [2.75, 3.05) is 38.2 Å². The Bertz CT molecular complexity index is 885. The van der Waals surface area contributed by atoms with Crippen LogP contribution in [-0.4, -0.2) is 56.3 Å². The number of esters is 1. The molecule has 0 bridgehead atoms. The number of methoxy groups -OCH3 is 1. The lowest BCUT2D eigenvalue weighted by Gasteiger charge is -2.50. The Balaban J connectivity index is 1.25. The average Bonchev–Trinajstić information content (AvgIpc) is 3.06. The Hall–Kier alpha value is -2.01. The highest BCUT2D eigenvalue weighted by atomic mass is 16.6. The first-order chi connectivity index (χ1) is 15.4. The van der Waals surface area contributed by atoms with Gasteiger partial charge in [0.1, 0.15) is 11.9 Å². The van der Waals surface area contributed by atoms with Crippen LogP contribution in [-0.2, 0) is 9.53 Å². The molecular formula is C27H38N2O3. The maximum atomic E-state index is 12.9. The summed E-state index contributed by atoms with van der Waals surface area (Å²) in [5.74, 6) is 1.84. The molecule has 2 heterocycles. The normalized spacial score (nSPS) is 37.6. The van der Waals surface area contributed by atoms with Gasteiger partial charge in [-0.1, -0.05) is 25.1 Å². The fourth-order valence-electron chi connectivity index (χ4n) is 7.11. The summed E-state index contributed by atoms with van der Waals surface area (Å²) in [4.78, 5) is 17.9. The van der Waals surface area contributed by atoms with Gasteiger partial charge in [-0.2, -0.15) is 0 Å². The van der Waals surface area contributed by atoms with E-state index in [2.05, 4.69) is 48.4 Å². The van der Waals surface area contributed by atoms with Gasteiger partial charge < -0.3 is 14.4 Å². The number of benzene rings is 1. The third kappa shape index (κ3) is 3.83. The van der Waals surface area contributed by atoms with Crippen molar-refractivity contribution in [3.05, 3.63) is 36.4 Å². The molecule has 5 nitrogen and oxygen atoms in total. The van der Waals surface area contributed by atoms with Gasteiger partial charge in [0.15, 0.2) is 0 Å². The van der Waals surface area contributed by atoms with Crippen molar-refractivity contribution in [1.29, 1.82) is 0 Å². The molecule has 2 saturated carbocycles. The number of allylic oxidation sites excluding steroid dienone is 1. The van der Waals surface area contributed by atoms with Crippen molar-refractivity contribution >= 4 is 11.7 Å². The maximum Gasteiger partial charge on any atom is 0.310 e. The molecule has 0 N–H and O–H groups in total. The van der Waals surface area contributed by atoms with E-state index < -0.39 is 0 Å². The van der Waals surface area contributed by atoms with Crippen molar-refractivity contribution in [2.45, 2.75) is 58.1 Å². The number of nitrogens with zero attached hydrogens (tertiary/aromatic N) is 2. The summed E-state index contributed by atoms with van der Waals surface area (Å²) in [6.45, 7) is 12.8. The van der Waals surface area contributed by atoms with E-state index in [0.29, 0.717) is 17.9 Å². The topological polar surface area (TPSA) is 42.0 Å². The van der Waals surface area contributed by atoms with E-state index in [1.54, 1.807) is 7.11 Å². The minimum atomic E-state index is 0.00912. The van der Waals surface area contributed by atoms with E-state index in [1.807, 2.05) is 6.07 Å². The summed E-state index contributed by atoms with van der Waals surface area (Å²) in [7, 11) is 1.71. The Morgan fingerprint density at radius 1 is 1.31 bits per heavy atom. The molecule has 6 atom stereocenters. The number of rotatable bonds is 4. The molecule has 0 amide bonds. The minimum absolute atomic E-state index is 0.00912. The van der Waals surface area contributed by atoms with Crippen LogP contribution in [0.25, 0.3) is 0 Å². The van der Waals surface area contributed by atoms with E-state index in [1.165, 1.54) is 24.1 Å². The van der Waals surface area contributed by atoms with E-state index in [4.69, 9.17) is 9.47 Å². The molecule has 174 valence electrons. The number of hydrogen-bond donors (Lipinski definition) is 0. The molecule has 5 heteroatoms. The van der Waals surface area contributed by atoms with Crippen LogP contribution in [0.5, 0.6) is 5.75 Å². The summed E-state index contributed by atoms with van der Waals surface area (Å²) < 4.78 is 11.4. The third-order valence-electron chi connectivity index (χ3n) is 8.87. The molecule has 0 aromatic heterocycles. The molecule has 2 saturated heterocycles. The standard InChI is InChI=1S/C27H38N2O3/c1-18-7-6-10-27(3)15-25-22(14-24(18)27)23(26(30)32-25)17-28-11-12-29(19(2)16-28)20-8-5-9-21(13-20)31-4/h5,8-9,13,19,22-25H,1,6-7,10-12,14-17H2,2-4H3/t19-,22+,23-,24+,25+,27+/m0/s1. The van der Waals surface area contributed by atoms with Gasteiger partial charge in [-0.05, 0) is 62.5 Å². The first kappa shape index (κ1) is 21.8. The lowest BCUT2D eigenvalue weighted by Crippen LogP contribution is -2.54. The number of ether oxygens (including phenoxy) is 2. The molecule has 2 aliphatic carbocycles. The molecule has 5 rings (SSSR count). The second-order valence-corrected chi connectivity index (χ2v) is 10.9. The van der Waals surface area contributed by atoms with Crippen molar-refractivity contribution in [1.82, 2.24) is 4.90 Å². The monoisotopic (exact) mass is 438 g/mol. The minimum Gasteiger partial charge on any atom is -0.497 e. The number of piperazine rings is 1. The van der Waals surface area contributed by atoms with Crippen molar-refractivity contribution in [2.24, 2.45) is 23.2 Å². The highest BCUT2D eigenvalue weighted by molar-refractivity contribution is 5.75. The van der Waals surface area contributed by atoms with Crippen LogP contribution in [0.15, 0.2) is 36.4 Å². The predicted octanol–water partition coefficient (Wildman–Crippen LogP) is 4.52. The van der Waals surface area contributed by atoms with Gasteiger partial charge in [-0.25, -0.2) is 0 Å². The van der Waals surface area contributed by atoms with Crippen LogP contribution in [0.1, 0.15) is 46.0 Å². The molecule has 0 spiro atoms. The van der Waals surface area contributed by atoms with Gasteiger partial charge in [0.25, 0.3) is 0 Å². The van der Waals surface area contributed by atoms with Crippen LogP contribution in [0.3, 0.4) is 0 Å². The van der Waals surface area contributed by atoms with Crippen molar-refractivity contribution < 1.29 is 14.3 Å². The summed E-state index contributed by atoms with van der Waals surface area (Å²) in [6, 6.07) is 8.70. The van der Waals surface area contributed by atoms with Gasteiger partial charge >= 0.3 is 5.97 Å². The van der Waals surface area contributed by atoms with E-state index in [0.717, 1.165) is 51.2 Å². The zero-order valence-electron chi connectivity index (χ0n) is 19.9. The van der Waals surface area contributed by atoms with Crippen LogP contribution in [0.4, 0.5) is 5.69 Å². The fraction of sp³-hybridized carbons (Fsp3) is 0.667. The highest BCUT2D eigenvalue weighted by Gasteiger charge is 2.55. The number of fused-ring (bicyclic) bond motifs is 2. The predicted molar refractivity (Wildman–Crippen MR) is 127 cm³/mol. The lowest BCUT2D eigenvalue weighted by molar-refractivity contribution is -0.146. The molecule has 0 unspecified atom stereocenters. The maximum absolute atomic E-state index is 12.9. The Morgan fingerprint density at radius 3 is 2.94 bits per heavy atom. The molecular weight excluding hydrogens is 400 g/mol. The quantitative estimate of drug-likeness (QED) is 0.511.